The smallest absolute Gasteiger partial charge is 0.213 e. The summed E-state index contributed by atoms with van der Waals surface area (Å²) in [5, 5.41) is 0. The number of nitrogens with two attached hydrogens (primary N) is 1. The predicted molar refractivity (Wildman–Crippen MR) is 108 cm³/mol. The quantitative estimate of drug-likeness (QED) is 0.418. The van der Waals surface area contributed by atoms with Crippen LogP contribution >= 0.6 is 35.7 Å². The maximum absolute atomic E-state index is 6.09. The number of rotatable bonds is 4. The lowest BCUT2D eigenvalue weighted by molar-refractivity contribution is 0.0237. The third-order valence-corrected chi connectivity index (χ3v) is 4.96. The molecule has 2 saturated heterocycles. The van der Waals surface area contributed by atoms with Crippen LogP contribution in [0.2, 0.25) is 0 Å². The number of pyridine rings is 1. The zero-order chi connectivity index (χ0) is 15.9. The Hall–Kier alpha value is -0.740. The fourth-order valence-electron chi connectivity index (χ4n) is 2.64. The Balaban J connectivity index is 0.00000208. The Labute approximate surface area is 164 Å². The summed E-state index contributed by atoms with van der Waals surface area (Å²) in [6, 6.07) is 3.91. The molecule has 0 amide bonds. The molecule has 134 valence electrons. The Morgan fingerprint density at radius 3 is 2.88 bits per heavy atom. The number of thioether (sulfide) groups is 1. The van der Waals surface area contributed by atoms with Crippen LogP contribution in [-0.2, 0) is 11.3 Å². The molecule has 24 heavy (non-hydrogen) atoms. The minimum atomic E-state index is 0. The van der Waals surface area contributed by atoms with Crippen molar-refractivity contribution in [3.05, 3.63) is 23.9 Å². The molecular weight excluding hydrogens is 439 g/mol. The molecule has 1 aromatic rings. The number of halogens is 1. The molecule has 0 aromatic carbocycles. The van der Waals surface area contributed by atoms with Crippen molar-refractivity contribution in [2.45, 2.75) is 25.5 Å². The van der Waals surface area contributed by atoms with Gasteiger partial charge < -0.3 is 20.1 Å². The molecule has 0 radical (unpaired) electrons. The molecule has 3 heterocycles. The summed E-state index contributed by atoms with van der Waals surface area (Å²) in [4.78, 5) is 11.0. The van der Waals surface area contributed by atoms with E-state index in [4.69, 9.17) is 15.2 Å². The second-order valence-electron chi connectivity index (χ2n) is 5.71. The Morgan fingerprint density at radius 1 is 1.38 bits per heavy atom. The first-order valence-corrected chi connectivity index (χ1v) is 9.29. The SMILES string of the molecule is I.NC(=NCc1ccnc(OC2CCOCC2)c1)N1CCSCC1. The van der Waals surface area contributed by atoms with Crippen LogP contribution in [-0.4, -0.2) is 59.8 Å². The highest BCUT2D eigenvalue weighted by Crippen LogP contribution is 2.17. The van der Waals surface area contributed by atoms with Gasteiger partial charge in [-0.2, -0.15) is 11.8 Å². The van der Waals surface area contributed by atoms with E-state index in [1.165, 1.54) is 0 Å². The van der Waals surface area contributed by atoms with Crippen LogP contribution in [0.3, 0.4) is 0 Å². The van der Waals surface area contributed by atoms with E-state index in [9.17, 15) is 0 Å². The first-order chi connectivity index (χ1) is 11.3. The largest absolute Gasteiger partial charge is 0.474 e. The topological polar surface area (TPSA) is 73.0 Å². The third-order valence-electron chi connectivity index (χ3n) is 4.01. The molecule has 0 saturated carbocycles. The highest BCUT2D eigenvalue weighted by atomic mass is 127. The number of hydrogen-bond acceptors (Lipinski definition) is 5. The lowest BCUT2D eigenvalue weighted by Crippen LogP contribution is -2.42. The van der Waals surface area contributed by atoms with Gasteiger partial charge in [0.25, 0.3) is 0 Å². The van der Waals surface area contributed by atoms with Gasteiger partial charge in [-0.25, -0.2) is 9.98 Å². The number of guanidine groups is 1. The number of hydrogen-bond donors (Lipinski definition) is 1. The van der Waals surface area contributed by atoms with E-state index < -0.39 is 0 Å². The number of nitrogens with zero attached hydrogens (tertiary/aromatic N) is 3. The van der Waals surface area contributed by atoms with Crippen LogP contribution in [0.15, 0.2) is 23.3 Å². The fourth-order valence-corrected chi connectivity index (χ4v) is 3.55. The van der Waals surface area contributed by atoms with Gasteiger partial charge in [-0.3, -0.25) is 0 Å². The summed E-state index contributed by atoms with van der Waals surface area (Å²) in [7, 11) is 0. The first kappa shape index (κ1) is 19.6. The standard InChI is InChI=1S/C16H24N4O2S.HI/c17-16(20-5-9-23-10-6-20)19-12-13-1-4-18-15(11-13)22-14-2-7-21-8-3-14;/h1,4,11,14H,2-3,5-10,12H2,(H2,17,19);1H. The molecule has 1 aromatic heterocycles. The molecule has 0 unspecified atom stereocenters. The molecule has 3 rings (SSSR count). The van der Waals surface area contributed by atoms with Crippen molar-refractivity contribution >= 4 is 41.7 Å². The van der Waals surface area contributed by atoms with Gasteiger partial charge in [-0.15, -0.1) is 24.0 Å². The van der Waals surface area contributed by atoms with E-state index in [1.54, 1.807) is 6.20 Å². The zero-order valence-corrected chi connectivity index (χ0v) is 16.9. The highest BCUT2D eigenvalue weighted by molar-refractivity contribution is 14.0. The van der Waals surface area contributed by atoms with Crippen molar-refractivity contribution < 1.29 is 9.47 Å². The van der Waals surface area contributed by atoms with Gasteiger partial charge >= 0.3 is 0 Å². The van der Waals surface area contributed by atoms with E-state index in [2.05, 4.69) is 14.9 Å². The molecule has 2 aliphatic rings. The van der Waals surface area contributed by atoms with E-state index in [-0.39, 0.29) is 30.1 Å². The van der Waals surface area contributed by atoms with Crippen LogP contribution in [0.5, 0.6) is 5.88 Å². The molecule has 2 fully saturated rings. The average Bonchev–Trinajstić information content (AvgIpc) is 2.62. The van der Waals surface area contributed by atoms with Crippen molar-refractivity contribution in [1.82, 2.24) is 9.88 Å². The summed E-state index contributed by atoms with van der Waals surface area (Å²) in [5.74, 6) is 3.54. The van der Waals surface area contributed by atoms with E-state index in [0.717, 1.165) is 56.2 Å². The van der Waals surface area contributed by atoms with Gasteiger partial charge in [-0.1, -0.05) is 0 Å². The molecule has 0 bridgehead atoms. The van der Waals surface area contributed by atoms with Crippen LogP contribution in [0.4, 0.5) is 0 Å². The molecule has 2 N–H and O–H groups in total. The Bertz CT molecular complexity index is 535. The van der Waals surface area contributed by atoms with Crippen LogP contribution < -0.4 is 10.5 Å². The molecule has 8 heteroatoms. The summed E-state index contributed by atoms with van der Waals surface area (Å²) in [6.07, 6.45) is 3.81. The monoisotopic (exact) mass is 464 g/mol. The summed E-state index contributed by atoms with van der Waals surface area (Å²) >= 11 is 1.96. The van der Waals surface area contributed by atoms with Crippen molar-refractivity contribution in [3.63, 3.8) is 0 Å². The molecule has 6 nitrogen and oxygen atoms in total. The second-order valence-corrected chi connectivity index (χ2v) is 6.93. The second kappa shape index (κ2) is 10.3. The maximum Gasteiger partial charge on any atom is 0.213 e. The van der Waals surface area contributed by atoms with E-state index in [1.807, 2.05) is 23.9 Å². The van der Waals surface area contributed by atoms with Crippen molar-refractivity contribution in [1.29, 1.82) is 0 Å². The minimum Gasteiger partial charge on any atom is -0.474 e. The van der Waals surface area contributed by atoms with E-state index in [0.29, 0.717) is 18.4 Å². The lowest BCUT2D eigenvalue weighted by Gasteiger charge is -2.27. The van der Waals surface area contributed by atoms with Gasteiger partial charge in [0.2, 0.25) is 5.88 Å². The van der Waals surface area contributed by atoms with Crippen LogP contribution in [0.25, 0.3) is 0 Å². The number of aromatic nitrogens is 1. The third kappa shape index (κ3) is 5.96. The van der Waals surface area contributed by atoms with Crippen molar-refractivity contribution in [2.24, 2.45) is 10.7 Å². The zero-order valence-electron chi connectivity index (χ0n) is 13.7. The summed E-state index contributed by atoms with van der Waals surface area (Å²) < 4.78 is 11.3. The van der Waals surface area contributed by atoms with Gasteiger partial charge in [0.15, 0.2) is 5.96 Å². The molecule has 0 spiro atoms. The average molecular weight is 464 g/mol. The maximum atomic E-state index is 6.09. The van der Waals surface area contributed by atoms with Gasteiger partial charge in [-0.05, 0) is 11.6 Å². The first-order valence-electron chi connectivity index (χ1n) is 8.13. The molecule has 0 aliphatic carbocycles. The summed E-state index contributed by atoms with van der Waals surface area (Å²) in [6.45, 7) is 4.05. The fraction of sp³-hybridized carbons (Fsp3) is 0.625. The van der Waals surface area contributed by atoms with E-state index >= 15 is 0 Å². The minimum absolute atomic E-state index is 0. The number of aliphatic imine (C=N–C) groups is 1. The van der Waals surface area contributed by atoms with Gasteiger partial charge in [0, 0.05) is 49.7 Å². The number of ether oxygens (including phenoxy) is 2. The highest BCUT2D eigenvalue weighted by Gasteiger charge is 2.16. The van der Waals surface area contributed by atoms with Crippen LogP contribution in [0, 0.1) is 0 Å². The summed E-state index contributed by atoms with van der Waals surface area (Å²) in [5.41, 5.74) is 7.16. The molecule has 0 atom stereocenters. The Morgan fingerprint density at radius 2 is 2.12 bits per heavy atom. The lowest BCUT2D eigenvalue weighted by atomic mass is 10.1. The Kier molecular flexibility index (Phi) is 8.40. The van der Waals surface area contributed by atoms with Gasteiger partial charge in [0.1, 0.15) is 6.10 Å². The molecular formula is C16H25IN4O2S. The van der Waals surface area contributed by atoms with Crippen molar-refractivity contribution in [2.75, 3.05) is 37.8 Å². The van der Waals surface area contributed by atoms with Crippen molar-refractivity contribution in [3.8, 4) is 5.88 Å². The van der Waals surface area contributed by atoms with Gasteiger partial charge in [0.05, 0.1) is 19.8 Å². The van der Waals surface area contributed by atoms with Crippen LogP contribution in [0.1, 0.15) is 18.4 Å². The normalized spacial score (nSPS) is 19.7. The molecule has 2 aliphatic heterocycles. The predicted octanol–water partition coefficient (Wildman–Crippen LogP) is 2.12.